The van der Waals surface area contributed by atoms with E-state index in [0.29, 0.717) is 0 Å². The van der Waals surface area contributed by atoms with E-state index in [1.54, 1.807) is 0 Å². The van der Waals surface area contributed by atoms with Crippen LogP contribution >= 0.6 is 0 Å². The van der Waals surface area contributed by atoms with Crippen LogP contribution in [0.4, 0.5) is 35.1 Å². The van der Waals surface area contributed by atoms with Crippen molar-refractivity contribution in [2.24, 2.45) is 0 Å². The molecule has 1 aliphatic rings. The summed E-state index contributed by atoms with van der Waals surface area (Å²) in [5.74, 6) is 0. The van der Waals surface area contributed by atoms with Crippen molar-refractivity contribution in [1.82, 2.24) is 4.90 Å². The Morgan fingerprint density at radius 1 is 0.812 bits per heavy atom. The number of rotatable bonds is 1. The minimum atomic E-state index is -5.77. The van der Waals surface area contributed by atoms with E-state index in [1.807, 2.05) is 0 Å². The third-order valence-corrected chi connectivity index (χ3v) is 1.74. The van der Waals surface area contributed by atoms with Crippen LogP contribution in [-0.2, 0) is 4.74 Å². The van der Waals surface area contributed by atoms with Crippen molar-refractivity contribution >= 4 is 0 Å². The zero-order chi connectivity index (χ0) is 13.0. The van der Waals surface area contributed by atoms with Crippen LogP contribution in [0, 0.1) is 0 Å². The van der Waals surface area contributed by atoms with Gasteiger partial charge in [0.25, 0.3) is 0 Å². The van der Waals surface area contributed by atoms with E-state index >= 15 is 0 Å². The van der Waals surface area contributed by atoms with Crippen LogP contribution in [0.5, 0.6) is 0 Å². The third kappa shape index (κ3) is 1.35. The number of alkyl halides is 8. The van der Waals surface area contributed by atoms with E-state index in [4.69, 9.17) is 0 Å². The Balaban J connectivity index is 3.35. The van der Waals surface area contributed by atoms with Gasteiger partial charge in [-0.15, -0.1) is 0 Å². The number of morpholine rings is 1. The quantitative estimate of drug-likeness (QED) is 0.529. The Kier molecular flexibility index (Phi) is 2.43. The number of nitrogens with zero attached hydrogens (tertiary/aromatic N) is 1. The van der Waals surface area contributed by atoms with Gasteiger partial charge in [-0.05, 0) is 0 Å². The van der Waals surface area contributed by atoms with Gasteiger partial charge in [0.15, 0.2) is 0 Å². The standard InChI is InChI=1S/C6H3F8NO/c1-2-15-3(7,8)5(11,12)16-6(13,14)4(15,9)10/h2H,1H2. The molecule has 2 nitrogen and oxygen atoms in total. The minimum absolute atomic E-state index is 0.510. The molecule has 0 bridgehead atoms. The summed E-state index contributed by atoms with van der Waals surface area (Å²) >= 11 is 0. The molecule has 0 unspecified atom stereocenters. The maximum atomic E-state index is 12.7. The smallest absolute Gasteiger partial charge is 0.246 e. The van der Waals surface area contributed by atoms with E-state index in [-0.39, 0.29) is 0 Å². The molecule has 0 radical (unpaired) electrons. The maximum Gasteiger partial charge on any atom is 0.445 e. The number of hydrogen-bond donors (Lipinski definition) is 0. The molecular formula is C6H3F8NO. The Morgan fingerprint density at radius 3 is 1.38 bits per heavy atom. The first-order valence-electron chi connectivity index (χ1n) is 3.53. The Bertz CT molecular complexity index is 288. The molecule has 0 amide bonds. The molecule has 1 rings (SSSR count). The summed E-state index contributed by atoms with van der Waals surface area (Å²) in [4.78, 5) is -1.83. The molecule has 0 aromatic heterocycles. The summed E-state index contributed by atoms with van der Waals surface area (Å²) < 4.78 is 102. The van der Waals surface area contributed by atoms with Gasteiger partial charge in [-0.2, -0.15) is 35.1 Å². The Hall–Kier alpha value is -1.06. The molecule has 94 valence electrons. The lowest BCUT2D eigenvalue weighted by Crippen LogP contribution is -2.72. The molecule has 10 heteroatoms. The van der Waals surface area contributed by atoms with Crippen LogP contribution in [-0.4, -0.2) is 29.2 Å². The molecule has 1 fully saturated rings. The summed E-state index contributed by atoms with van der Waals surface area (Å²) in [6, 6.07) is -11.3. The molecule has 0 N–H and O–H groups in total. The van der Waals surface area contributed by atoms with Crippen molar-refractivity contribution in [3.05, 3.63) is 12.8 Å². The molecule has 1 saturated heterocycles. The molecule has 16 heavy (non-hydrogen) atoms. The van der Waals surface area contributed by atoms with E-state index in [9.17, 15) is 35.1 Å². The fraction of sp³-hybridized carbons (Fsp3) is 0.667. The highest BCUT2D eigenvalue weighted by atomic mass is 19.4. The van der Waals surface area contributed by atoms with Gasteiger partial charge in [0.2, 0.25) is 0 Å². The van der Waals surface area contributed by atoms with Crippen molar-refractivity contribution in [2.75, 3.05) is 0 Å². The van der Waals surface area contributed by atoms with Gasteiger partial charge in [0, 0.05) is 6.20 Å². The maximum absolute atomic E-state index is 12.7. The summed E-state index contributed by atoms with van der Waals surface area (Å²) in [6.45, 7) is 2.35. The molecule has 0 atom stereocenters. The number of ether oxygens (including phenoxy) is 1. The molecule has 0 spiro atoms. The topological polar surface area (TPSA) is 12.5 Å². The van der Waals surface area contributed by atoms with Gasteiger partial charge >= 0.3 is 24.3 Å². The molecular weight excluding hydrogens is 254 g/mol. The Morgan fingerprint density at radius 2 is 1.12 bits per heavy atom. The molecule has 0 aromatic carbocycles. The second-order valence-corrected chi connectivity index (χ2v) is 2.77. The van der Waals surface area contributed by atoms with Crippen LogP contribution in [0.25, 0.3) is 0 Å². The van der Waals surface area contributed by atoms with E-state index in [0.717, 1.165) is 0 Å². The average molecular weight is 257 g/mol. The SMILES string of the molecule is C=CN1C(F)(F)C(F)(F)OC(F)(F)C1(F)F. The van der Waals surface area contributed by atoms with Gasteiger partial charge in [0.05, 0.1) is 0 Å². The van der Waals surface area contributed by atoms with Crippen LogP contribution in [0.15, 0.2) is 12.8 Å². The van der Waals surface area contributed by atoms with Gasteiger partial charge in [-0.1, -0.05) is 6.58 Å². The van der Waals surface area contributed by atoms with E-state index in [1.165, 1.54) is 0 Å². The van der Waals surface area contributed by atoms with Gasteiger partial charge in [-0.25, -0.2) is 9.64 Å². The summed E-state index contributed by atoms with van der Waals surface area (Å²) in [5.41, 5.74) is 0. The lowest BCUT2D eigenvalue weighted by Gasteiger charge is -2.46. The molecule has 0 saturated carbocycles. The fourth-order valence-electron chi connectivity index (χ4n) is 0.970. The summed E-state index contributed by atoms with van der Waals surface area (Å²) in [5, 5.41) is 0. The number of hydrogen-bond acceptors (Lipinski definition) is 2. The third-order valence-electron chi connectivity index (χ3n) is 1.74. The van der Waals surface area contributed by atoms with Gasteiger partial charge in [-0.3, -0.25) is 0 Å². The van der Waals surface area contributed by atoms with Gasteiger partial charge < -0.3 is 0 Å². The van der Waals surface area contributed by atoms with Crippen LogP contribution in [0.3, 0.4) is 0 Å². The predicted molar refractivity (Wildman–Crippen MR) is 32.9 cm³/mol. The monoisotopic (exact) mass is 257 g/mol. The molecule has 0 aromatic rings. The molecule has 1 aliphatic heterocycles. The second kappa shape index (κ2) is 2.99. The number of halogens is 8. The second-order valence-electron chi connectivity index (χ2n) is 2.77. The highest BCUT2D eigenvalue weighted by molar-refractivity contribution is 4.98. The first kappa shape index (κ1) is 13.0. The zero-order valence-corrected chi connectivity index (χ0v) is 7.16. The lowest BCUT2D eigenvalue weighted by molar-refractivity contribution is -0.555. The highest BCUT2D eigenvalue weighted by Crippen LogP contribution is 2.55. The van der Waals surface area contributed by atoms with Crippen molar-refractivity contribution in [3.8, 4) is 0 Å². The average Bonchev–Trinajstić information content (AvgIpc) is 1.99. The largest absolute Gasteiger partial charge is 0.445 e. The Labute approximate surface area is 83.1 Å². The minimum Gasteiger partial charge on any atom is -0.246 e. The first-order valence-corrected chi connectivity index (χ1v) is 3.53. The van der Waals surface area contributed by atoms with Crippen LogP contribution in [0.1, 0.15) is 0 Å². The van der Waals surface area contributed by atoms with E-state index in [2.05, 4.69) is 11.3 Å². The highest BCUT2D eigenvalue weighted by Gasteiger charge is 2.82. The van der Waals surface area contributed by atoms with Crippen LogP contribution < -0.4 is 0 Å². The van der Waals surface area contributed by atoms with Crippen molar-refractivity contribution in [1.29, 1.82) is 0 Å². The normalized spacial score (nSPS) is 29.9. The first-order chi connectivity index (χ1) is 6.90. The summed E-state index contributed by atoms with van der Waals surface area (Å²) in [6.07, 6.45) is -12.1. The van der Waals surface area contributed by atoms with Crippen molar-refractivity contribution < 1.29 is 39.9 Å². The predicted octanol–water partition coefficient (Wildman–Crippen LogP) is 2.83. The molecule has 1 heterocycles. The van der Waals surface area contributed by atoms with E-state index < -0.39 is 35.4 Å². The zero-order valence-electron chi connectivity index (χ0n) is 7.16. The van der Waals surface area contributed by atoms with Crippen molar-refractivity contribution in [3.63, 3.8) is 0 Å². The molecule has 0 aliphatic carbocycles. The fourth-order valence-corrected chi connectivity index (χ4v) is 0.970. The van der Waals surface area contributed by atoms with Crippen molar-refractivity contribution in [2.45, 2.75) is 24.3 Å². The summed E-state index contributed by atoms with van der Waals surface area (Å²) in [7, 11) is 0. The lowest BCUT2D eigenvalue weighted by atomic mass is 10.3. The van der Waals surface area contributed by atoms with Gasteiger partial charge in [0.1, 0.15) is 0 Å². The van der Waals surface area contributed by atoms with Crippen LogP contribution in [0.2, 0.25) is 0 Å².